The summed E-state index contributed by atoms with van der Waals surface area (Å²) in [4.78, 5) is 11.1. The number of hydrogen-bond acceptors (Lipinski definition) is 5. The minimum absolute atomic E-state index is 0.250. The molecule has 0 saturated carbocycles. The van der Waals surface area contributed by atoms with E-state index in [4.69, 9.17) is 24.6 Å². The zero-order valence-electron chi connectivity index (χ0n) is 16.0. The van der Waals surface area contributed by atoms with Crippen molar-refractivity contribution in [3.8, 4) is 23.3 Å². The van der Waals surface area contributed by atoms with Crippen LogP contribution in [0.5, 0.6) is 17.2 Å². The van der Waals surface area contributed by atoms with Crippen molar-refractivity contribution in [3.05, 3.63) is 59.2 Å². The number of aryl methyl sites for hydroxylation is 1. The molecule has 0 heterocycles. The van der Waals surface area contributed by atoms with Gasteiger partial charge in [-0.05, 0) is 42.3 Å². The Morgan fingerprint density at radius 3 is 2.39 bits per heavy atom. The molecule has 0 aliphatic heterocycles. The Balaban J connectivity index is 2.02. The molecule has 28 heavy (non-hydrogen) atoms. The number of rotatable bonds is 10. The minimum atomic E-state index is -1.29. The second-order valence-electron chi connectivity index (χ2n) is 5.97. The molecule has 2 aromatic rings. The molecule has 0 bridgehead atoms. The molecule has 0 aliphatic carbocycles. The molecule has 0 amide bonds. The second kappa shape index (κ2) is 10.6. The summed E-state index contributed by atoms with van der Waals surface area (Å²) in [5.74, 6) is 0.439. The van der Waals surface area contributed by atoms with Crippen LogP contribution < -0.4 is 14.2 Å². The first-order chi connectivity index (χ1) is 13.6. The molecule has 1 N–H and O–H groups in total. The van der Waals surface area contributed by atoms with Crippen molar-refractivity contribution < 1.29 is 24.1 Å². The lowest BCUT2D eigenvalue weighted by Crippen LogP contribution is -2.10. The fourth-order valence-electron chi connectivity index (χ4n) is 2.54. The van der Waals surface area contributed by atoms with Crippen LogP contribution >= 0.6 is 0 Å². The van der Waals surface area contributed by atoms with Gasteiger partial charge >= 0.3 is 5.97 Å². The van der Waals surface area contributed by atoms with Crippen molar-refractivity contribution in [1.82, 2.24) is 0 Å². The summed E-state index contributed by atoms with van der Waals surface area (Å²) in [6.07, 6.45) is 3.40. The first-order valence-electron chi connectivity index (χ1n) is 8.95. The second-order valence-corrected chi connectivity index (χ2v) is 5.97. The van der Waals surface area contributed by atoms with E-state index in [2.05, 4.69) is 6.92 Å². The average Bonchev–Trinajstić information content (AvgIpc) is 2.71. The number of carboxylic acid groups (broad SMARTS) is 1. The summed E-state index contributed by atoms with van der Waals surface area (Å²) >= 11 is 0. The standard InChI is InChI=1S/C22H23NO5/c1-3-4-16-5-8-19(9-6-16)27-11-12-28-21-14-20(26-2)10-7-17(21)13-18(15-23)22(24)25/h5-10,13-14H,3-4,11-12H2,1-2H3,(H,24,25). The van der Waals surface area contributed by atoms with Crippen LogP contribution in [0.15, 0.2) is 48.0 Å². The number of aliphatic carboxylic acids is 1. The smallest absolute Gasteiger partial charge is 0.346 e. The summed E-state index contributed by atoms with van der Waals surface area (Å²) in [5, 5.41) is 18.0. The third-order valence-corrected chi connectivity index (χ3v) is 3.94. The molecule has 0 unspecified atom stereocenters. The van der Waals surface area contributed by atoms with Crippen LogP contribution in [0.2, 0.25) is 0 Å². The highest BCUT2D eigenvalue weighted by Crippen LogP contribution is 2.27. The molecule has 0 radical (unpaired) electrons. The molecule has 146 valence electrons. The van der Waals surface area contributed by atoms with Crippen molar-refractivity contribution in [2.75, 3.05) is 20.3 Å². The lowest BCUT2D eigenvalue weighted by molar-refractivity contribution is -0.132. The summed E-state index contributed by atoms with van der Waals surface area (Å²) < 4.78 is 16.6. The third-order valence-electron chi connectivity index (χ3n) is 3.94. The maximum Gasteiger partial charge on any atom is 0.346 e. The topological polar surface area (TPSA) is 88.8 Å². The molecule has 6 nitrogen and oxygen atoms in total. The number of nitriles is 1. The minimum Gasteiger partial charge on any atom is -0.497 e. The zero-order chi connectivity index (χ0) is 20.4. The van der Waals surface area contributed by atoms with Gasteiger partial charge in [0.1, 0.15) is 42.1 Å². The molecule has 0 aliphatic rings. The van der Waals surface area contributed by atoms with Crippen molar-refractivity contribution in [3.63, 3.8) is 0 Å². The van der Waals surface area contributed by atoms with Gasteiger partial charge < -0.3 is 19.3 Å². The molecular weight excluding hydrogens is 358 g/mol. The van der Waals surface area contributed by atoms with E-state index in [1.807, 2.05) is 24.3 Å². The summed E-state index contributed by atoms with van der Waals surface area (Å²) in [6.45, 7) is 2.71. The first kappa shape index (κ1) is 20.8. The molecule has 0 spiro atoms. The van der Waals surface area contributed by atoms with Gasteiger partial charge in [-0.2, -0.15) is 5.26 Å². The summed E-state index contributed by atoms with van der Waals surface area (Å²) in [5.41, 5.74) is 1.37. The van der Waals surface area contributed by atoms with E-state index in [0.29, 0.717) is 23.7 Å². The Bertz CT molecular complexity index is 865. The Labute approximate surface area is 164 Å². The number of hydrogen-bond donors (Lipinski definition) is 1. The number of ether oxygens (including phenoxy) is 3. The lowest BCUT2D eigenvalue weighted by Gasteiger charge is -2.12. The Morgan fingerprint density at radius 2 is 1.79 bits per heavy atom. The number of nitrogens with zero attached hydrogens (tertiary/aromatic N) is 1. The van der Waals surface area contributed by atoms with Gasteiger partial charge in [-0.1, -0.05) is 25.5 Å². The van der Waals surface area contributed by atoms with E-state index in [9.17, 15) is 4.79 Å². The number of carbonyl (C=O) groups is 1. The van der Waals surface area contributed by atoms with E-state index in [1.165, 1.54) is 18.7 Å². The maximum absolute atomic E-state index is 11.1. The fraction of sp³-hybridized carbons (Fsp3) is 0.273. The SMILES string of the molecule is CCCc1ccc(OCCOc2cc(OC)ccc2C=C(C#N)C(=O)O)cc1. The van der Waals surface area contributed by atoms with Crippen LogP contribution in [0.4, 0.5) is 0 Å². The molecule has 0 atom stereocenters. The quantitative estimate of drug-likeness (QED) is 0.379. The predicted octanol–water partition coefficient (Wildman–Crippen LogP) is 4.10. The van der Waals surface area contributed by atoms with Crippen LogP contribution in [0.25, 0.3) is 6.08 Å². The molecular formula is C22H23NO5. The highest BCUT2D eigenvalue weighted by Gasteiger charge is 2.10. The largest absolute Gasteiger partial charge is 0.497 e. The molecule has 0 fully saturated rings. The van der Waals surface area contributed by atoms with Gasteiger partial charge in [-0.25, -0.2) is 4.79 Å². The Morgan fingerprint density at radius 1 is 1.11 bits per heavy atom. The van der Waals surface area contributed by atoms with Crippen LogP contribution in [0.1, 0.15) is 24.5 Å². The van der Waals surface area contributed by atoms with Crippen LogP contribution in [0.3, 0.4) is 0 Å². The lowest BCUT2D eigenvalue weighted by atomic mass is 10.1. The van der Waals surface area contributed by atoms with E-state index in [-0.39, 0.29) is 12.2 Å². The van der Waals surface area contributed by atoms with Gasteiger partial charge in [0.05, 0.1) is 7.11 Å². The van der Waals surface area contributed by atoms with Gasteiger partial charge in [-0.3, -0.25) is 0 Å². The number of methoxy groups -OCH3 is 1. The van der Waals surface area contributed by atoms with E-state index in [1.54, 1.807) is 24.3 Å². The number of carboxylic acids is 1. The van der Waals surface area contributed by atoms with Crippen molar-refractivity contribution in [2.45, 2.75) is 19.8 Å². The van der Waals surface area contributed by atoms with Crippen LogP contribution in [0, 0.1) is 11.3 Å². The van der Waals surface area contributed by atoms with E-state index < -0.39 is 5.97 Å². The molecule has 2 rings (SSSR count). The molecule has 0 aromatic heterocycles. The van der Waals surface area contributed by atoms with E-state index in [0.717, 1.165) is 18.6 Å². The maximum atomic E-state index is 11.1. The molecule has 6 heteroatoms. The average molecular weight is 381 g/mol. The monoisotopic (exact) mass is 381 g/mol. The van der Waals surface area contributed by atoms with Gasteiger partial charge in [-0.15, -0.1) is 0 Å². The summed E-state index contributed by atoms with van der Waals surface area (Å²) in [7, 11) is 1.53. The van der Waals surface area contributed by atoms with Crippen molar-refractivity contribution in [1.29, 1.82) is 5.26 Å². The highest BCUT2D eigenvalue weighted by molar-refractivity contribution is 5.96. The molecule has 2 aromatic carbocycles. The van der Waals surface area contributed by atoms with Gasteiger partial charge in [0.2, 0.25) is 0 Å². The molecule has 0 saturated heterocycles. The van der Waals surface area contributed by atoms with Gasteiger partial charge in [0.25, 0.3) is 0 Å². The Kier molecular flexibility index (Phi) is 7.92. The first-order valence-corrected chi connectivity index (χ1v) is 8.95. The van der Waals surface area contributed by atoms with Crippen molar-refractivity contribution >= 4 is 12.0 Å². The van der Waals surface area contributed by atoms with E-state index >= 15 is 0 Å². The normalized spacial score (nSPS) is 10.8. The predicted molar refractivity (Wildman–Crippen MR) is 106 cm³/mol. The zero-order valence-corrected chi connectivity index (χ0v) is 16.0. The van der Waals surface area contributed by atoms with Gasteiger partial charge in [0.15, 0.2) is 0 Å². The van der Waals surface area contributed by atoms with Crippen molar-refractivity contribution in [2.24, 2.45) is 0 Å². The fourth-order valence-corrected chi connectivity index (χ4v) is 2.54. The van der Waals surface area contributed by atoms with Crippen LogP contribution in [-0.2, 0) is 11.2 Å². The highest BCUT2D eigenvalue weighted by atomic mass is 16.5. The number of benzene rings is 2. The van der Waals surface area contributed by atoms with Gasteiger partial charge in [0, 0.05) is 11.6 Å². The van der Waals surface area contributed by atoms with Crippen LogP contribution in [-0.4, -0.2) is 31.4 Å². The summed E-state index contributed by atoms with van der Waals surface area (Å²) in [6, 6.07) is 14.5. The third kappa shape index (κ3) is 6.06. The Hall–Kier alpha value is -3.46.